The Kier molecular flexibility index (Phi) is 16.1. The summed E-state index contributed by atoms with van der Waals surface area (Å²) < 4.78 is 0. The summed E-state index contributed by atoms with van der Waals surface area (Å²) in [4.78, 5) is 95.4. The predicted molar refractivity (Wildman–Crippen MR) is 229 cm³/mol. The van der Waals surface area contributed by atoms with E-state index in [0.29, 0.717) is 16.8 Å². The van der Waals surface area contributed by atoms with Crippen molar-refractivity contribution in [3.63, 3.8) is 0 Å². The van der Waals surface area contributed by atoms with Crippen molar-refractivity contribution in [2.24, 2.45) is 22.2 Å². The normalized spacial score (nSPS) is 13.4. The van der Waals surface area contributed by atoms with Crippen LogP contribution in [-0.4, -0.2) is 93.1 Å². The van der Waals surface area contributed by atoms with Gasteiger partial charge in [0.2, 0.25) is 35.4 Å². The van der Waals surface area contributed by atoms with Gasteiger partial charge in [-0.25, -0.2) is 4.98 Å². The predicted octanol–water partition coefficient (Wildman–Crippen LogP) is 0.144. The lowest BCUT2D eigenvalue weighted by atomic mass is 10.0. The number of nitrogens with one attached hydrogen (secondary N) is 7. The summed E-state index contributed by atoms with van der Waals surface area (Å²) in [5.41, 5.74) is 20.4. The topological polar surface area (TPSA) is 297 Å². The van der Waals surface area contributed by atoms with Crippen LogP contribution in [-0.2, 0) is 54.5 Å². The average Bonchev–Trinajstić information content (AvgIpc) is 3.91. The number of fused-ring (bicyclic) bond motifs is 1. The number of hydrogen-bond acceptors (Lipinski definition) is 8. The molecule has 0 spiro atoms. The lowest BCUT2D eigenvalue weighted by Crippen LogP contribution is -2.60. The Hall–Kier alpha value is -7.50. The molecule has 0 saturated heterocycles. The molecule has 5 aromatic rings. The zero-order valence-electron chi connectivity index (χ0n) is 33.7. The van der Waals surface area contributed by atoms with Crippen LogP contribution in [0.5, 0.6) is 0 Å². The third-order valence-electron chi connectivity index (χ3n) is 9.84. The van der Waals surface area contributed by atoms with E-state index in [4.69, 9.17) is 17.2 Å². The van der Waals surface area contributed by atoms with Crippen molar-refractivity contribution in [2.75, 3.05) is 6.54 Å². The number of benzene rings is 3. The molecule has 18 heteroatoms. The smallest absolute Gasteiger partial charge is 0.243 e. The van der Waals surface area contributed by atoms with Crippen LogP contribution in [0.1, 0.15) is 42.1 Å². The molecular formula is C43H52N12O6. The summed E-state index contributed by atoms with van der Waals surface area (Å²) in [5, 5.41) is 14.6. The second-order valence-corrected chi connectivity index (χ2v) is 14.6. The van der Waals surface area contributed by atoms with Gasteiger partial charge < -0.3 is 53.8 Å². The number of carbonyl (C=O) groups excluding carboxylic acids is 6. The van der Waals surface area contributed by atoms with Crippen molar-refractivity contribution < 1.29 is 28.8 Å². The molecule has 3 aromatic carbocycles. The maximum atomic E-state index is 14.4. The van der Waals surface area contributed by atoms with Crippen molar-refractivity contribution in [3.05, 3.63) is 126 Å². The van der Waals surface area contributed by atoms with Crippen molar-refractivity contribution in [1.29, 1.82) is 0 Å². The van der Waals surface area contributed by atoms with Gasteiger partial charge in [-0.1, -0.05) is 78.9 Å². The molecule has 0 aliphatic carbocycles. The van der Waals surface area contributed by atoms with Crippen LogP contribution in [0.4, 0.5) is 0 Å². The SMILES string of the molecule is CC(=O)N[C@@H](Cc1cnc[nH]1)C(=O)N[C@@H](Cc1ccccc1)C(=O)N[C@@H](Cc1ccccc1)C(=O)N[C@@H](CCCN=C(N)N)C(=O)N[C@@H](Cc1c[nH]c2ccccc12)C(N)=O. The zero-order chi connectivity index (χ0) is 43.7. The number of guanidine groups is 1. The number of H-pyrrole nitrogens is 2. The number of para-hydroxylation sites is 1. The number of aromatic nitrogens is 3. The molecule has 5 rings (SSSR count). The second-order valence-electron chi connectivity index (χ2n) is 14.6. The Balaban J connectivity index is 1.39. The van der Waals surface area contributed by atoms with E-state index in [-0.39, 0.29) is 51.0 Å². The second kappa shape index (κ2) is 22.0. The first kappa shape index (κ1) is 44.6. The quantitative estimate of drug-likeness (QED) is 0.0258. The van der Waals surface area contributed by atoms with Gasteiger partial charge in [0, 0.05) is 68.1 Å². The molecule has 5 atom stereocenters. The van der Waals surface area contributed by atoms with Crippen LogP contribution in [0.25, 0.3) is 10.9 Å². The highest BCUT2D eigenvalue weighted by atomic mass is 16.2. The number of carbonyl (C=O) groups is 6. The third kappa shape index (κ3) is 13.8. The number of aliphatic imine (C=N–C) groups is 1. The molecule has 0 unspecified atom stereocenters. The fraction of sp³-hybridized carbons (Fsp3) is 0.302. The van der Waals surface area contributed by atoms with Gasteiger partial charge in [0.1, 0.15) is 30.2 Å². The van der Waals surface area contributed by atoms with Gasteiger partial charge in [0.15, 0.2) is 5.96 Å². The van der Waals surface area contributed by atoms with E-state index in [1.54, 1.807) is 60.8 Å². The minimum absolute atomic E-state index is 0.00553. The first-order valence-corrected chi connectivity index (χ1v) is 19.8. The summed E-state index contributed by atoms with van der Waals surface area (Å²) in [5.74, 6) is -4.13. The average molecular weight is 833 g/mol. The minimum Gasteiger partial charge on any atom is -0.370 e. The Morgan fingerprint density at radius 3 is 1.69 bits per heavy atom. The van der Waals surface area contributed by atoms with Gasteiger partial charge in [-0.15, -0.1) is 0 Å². The van der Waals surface area contributed by atoms with Crippen LogP contribution in [0.2, 0.25) is 0 Å². The van der Waals surface area contributed by atoms with Crippen molar-refractivity contribution in [1.82, 2.24) is 41.5 Å². The monoisotopic (exact) mass is 832 g/mol. The highest BCUT2D eigenvalue weighted by Crippen LogP contribution is 2.19. The van der Waals surface area contributed by atoms with Crippen molar-refractivity contribution in [3.8, 4) is 0 Å². The van der Waals surface area contributed by atoms with Crippen molar-refractivity contribution >= 4 is 52.3 Å². The highest BCUT2D eigenvalue weighted by Gasteiger charge is 2.33. The summed E-state index contributed by atoms with van der Waals surface area (Å²) in [6, 6.07) is 19.5. The standard InChI is InChI=1S/C43H52N12O6/c1-26(56)51-37(22-30-24-47-25-50-30)42(61)55-36(20-28-13-6-3-7-14-28)41(60)54-35(19-27-11-4-2-5-12-27)40(59)52-33(17-10-18-48-43(45)46)39(58)53-34(38(44)57)21-29-23-49-32-16-9-8-15-31(29)32/h2-9,11-16,23-25,33-37,49H,10,17-22H2,1H3,(H2,44,57)(H,47,50)(H,51,56)(H,52,59)(H,53,58)(H,54,60)(H,55,61)(H4,45,46,48)/t33-,34-,35-,36-,37-/m0/s1. The Morgan fingerprint density at radius 1 is 0.623 bits per heavy atom. The lowest BCUT2D eigenvalue weighted by molar-refractivity contribution is -0.135. The summed E-state index contributed by atoms with van der Waals surface area (Å²) >= 11 is 0. The molecule has 61 heavy (non-hydrogen) atoms. The number of nitrogens with two attached hydrogens (primary N) is 3. The van der Waals surface area contributed by atoms with Gasteiger partial charge in [0.25, 0.3) is 0 Å². The molecule has 0 radical (unpaired) electrons. The summed E-state index contributed by atoms with van der Waals surface area (Å²) in [6.45, 7) is 1.42. The largest absolute Gasteiger partial charge is 0.370 e. The van der Waals surface area contributed by atoms with Gasteiger partial charge in [-0.2, -0.15) is 0 Å². The van der Waals surface area contributed by atoms with Crippen LogP contribution in [0.3, 0.4) is 0 Å². The Bertz CT molecular complexity index is 2280. The maximum absolute atomic E-state index is 14.4. The van der Waals surface area contributed by atoms with Crippen LogP contribution < -0.4 is 43.8 Å². The maximum Gasteiger partial charge on any atom is 0.243 e. The molecule has 6 amide bonds. The first-order valence-electron chi connectivity index (χ1n) is 19.8. The molecule has 0 aliphatic heterocycles. The Labute approximate surface area is 352 Å². The number of amides is 6. The molecule has 320 valence electrons. The van der Waals surface area contributed by atoms with E-state index < -0.39 is 65.7 Å². The first-order chi connectivity index (χ1) is 29.4. The molecule has 0 bridgehead atoms. The fourth-order valence-corrected chi connectivity index (χ4v) is 6.79. The van der Waals surface area contributed by atoms with Gasteiger partial charge >= 0.3 is 0 Å². The Morgan fingerprint density at radius 2 is 1.15 bits per heavy atom. The molecule has 2 heterocycles. The molecule has 18 nitrogen and oxygen atoms in total. The van der Waals surface area contributed by atoms with E-state index in [1.807, 2.05) is 30.3 Å². The number of imidazole rings is 1. The van der Waals surface area contributed by atoms with E-state index in [0.717, 1.165) is 16.5 Å². The van der Waals surface area contributed by atoms with Gasteiger partial charge in [0.05, 0.1) is 6.33 Å². The molecule has 0 fully saturated rings. The van der Waals surface area contributed by atoms with Gasteiger partial charge in [-0.05, 0) is 35.6 Å². The third-order valence-corrected chi connectivity index (χ3v) is 9.84. The number of rotatable bonds is 22. The van der Waals surface area contributed by atoms with Crippen LogP contribution in [0.15, 0.2) is 109 Å². The lowest BCUT2D eigenvalue weighted by Gasteiger charge is -2.27. The number of primary amides is 1. The molecular weight excluding hydrogens is 781 g/mol. The summed E-state index contributed by atoms with van der Waals surface area (Å²) in [6.07, 6.45) is 5.20. The van der Waals surface area contributed by atoms with E-state index >= 15 is 0 Å². The molecule has 0 saturated carbocycles. The minimum atomic E-state index is -1.26. The molecule has 13 N–H and O–H groups in total. The van der Waals surface area contributed by atoms with Crippen molar-refractivity contribution in [2.45, 2.75) is 75.7 Å². The van der Waals surface area contributed by atoms with Crippen LogP contribution >= 0.6 is 0 Å². The van der Waals surface area contributed by atoms with E-state index in [9.17, 15) is 28.8 Å². The van der Waals surface area contributed by atoms with Gasteiger partial charge in [-0.3, -0.25) is 33.8 Å². The number of aromatic amines is 2. The summed E-state index contributed by atoms with van der Waals surface area (Å²) in [7, 11) is 0. The fourth-order valence-electron chi connectivity index (χ4n) is 6.79. The highest BCUT2D eigenvalue weighted by molar-refractivity contribution is 5.97. The number of hydrogen-bond donors (Lipinski definition) is 10. The van der Waals surface area contributed by atoms with Crippen LogP contribution in [0, 0.1) is 0 Å². The molecule has 2 aromatic heterocycles. The number of nitrogens with zero attached hydrogens (tertiary/aromatic N) is 2. The molecule has 0 aliphatic rings. The van der Waals surface area contributed by atoms with E-state index in [2.05, 4.69) is 46.5 Å². The zero-order valence-corrected chi connectivity index (χ0v) is 33.7. The van der Waals surface area contributed by atoms with E-state index in [1.165, 1.54) is 19.4 Å².